The number of nitrogens with two attached hydrogens (primary N) is 1. The fraction of sp³-hybridized carbons (Fsp3) is 0.364. The molecule has 0 aliphatic carbocycles. The van der Waals surface area contributed by atoms with Crippen molar-refractivity contribution in [1.82, 2.24) is 0 Å². The van der Waals surface area contributed by atoms with Crippen LogP contribution in [0.5, 0.6) is 5.75 Å². The van der Waals surface area contributed by atoms with Crippen LogP contribution in [-0.4, -0.2) is 17.4 Å². The highest BCUT2D eigenvalue weighted by atomic mass is 16.3. The summed E-state index contributed by atoms with van der Waals surface area (Å²) in [5, 5.41) is 9.39. The molecule has 0 amide bonds. The van der Waals surface area contributed by atoms with E-state index in [-0.39, 0.29) is 24.0 Å². The third-order valence-electron chi connectivity index (χ3n) is 2.11. The lowest BCUT2D eigenvalue weighted by atomic mass is 9.99. The largest absolute Gasteiger partial charge is 0.508 e. The zero-order chi connectivity index (χ0) is 10.7. The van der Waals surface area contributed by atoms with Gasteiger partial charge >= 0.3 is 0 Å². The minimum atomic E-state index is -0.150. The molecule has 0 bridgehead atoms. The molecule has 3 N–H and O–H groups in total. The van der Waals surface area contributed by atoms with Gasteiger partial charge in [0.25, 0.3) is 0 Å². The number of rotatable bonds is 3. The van der Waals surface area contributed by atoms with E-state index < -0.39 is 0 Å². The standard InChI is InChI=1S/C11H15NO2/c1-7(2)8-3-9(11(14)6-12)5-10(13)4-8/h3-5,7,13H,6,12H2,1-2H3. The number of phenols is 1. The second-order valence-electron chi connectivity index (χ2n) is 3.60. The molecule has 76 valence electrons. The molecule has 0 fully saturated rings. The van der Waals surface area contributed by atoms with Crippen molar-refractivity contribution in [3.05, 3.63) is 29.3 Å². The molecule has 14 heavy (non-hydrogen) atoms. The van der Waals surface area contributed by atoms with Crippen molar-refractivity contribution in [3.63, 3.8) is 0 Å². The fourth-order valence-electron chi connectivity index (χ4n) is 1.25. The van der Waals surface area contributed by atoms with Crippen molar-refractivity contribution in [1.29, 1.82) is 0 Å². The molecule has 0 aliphatic rings. The first kappa shape index (κ1) is 10.7. The summed E-state index contributed by atoms with van der Waals surface area (Å²) in [6.45, 7) is 3.98. The lowest BCUT2D eigenvalue weighted by Gasteiger charge is -2.08. The Morgan fingerprint density at radius 3 is 2.57 bits per heavy atom. The van der Waals surface area contributed by atoms with Gasteiger partial charge in [-0.05, 0) is 29.7 Å². The van der Waals surface area contributed by atoms with E-state index in [0.29, 0.717) is 5.56 Å². The highest BCUT2D eigenvalue weighted by molar-refractivity contribution is 5.98. The van der Waals surface area contributed by atoms with Crippen molar-refractivity contribution >= 4 is 5.78 Å². The van der Waals surface area contributed by atoms with Crippen LogP contribution in [0.4, 0.5) is 0 Å². The first-order chi connectivity index (χ1) is 6.54. The Hall–Kier alpha value is -1.35. The first-order valence-corrected chi connectivity index (χ1v) is 4.61. The molecule has 0 aromatic heterocycles. The maximum absolute atomic E-state index is 11.3. The van der Waals surface area contributed by atoms with E-state index in [0.717, 1.165) is 5.56 Å². The Kier molecular flexibility index (Phi) is 3.25. The van der Waals surface area contributed by atoms with Gasteiger partial charge in [0.15, 0.2) is 5.78 Å². The molecule has 0 aliphatic heterocycles. The minimum Gasteiger partial charge on any atom is -0.508 e. The summed E-state index contributed by atoms with van der Waals surface area (Å²) >= 11 is 0. The molecule has 0 radical (unpaired) electrons. The van der Waals surface area contributed by atoms with Crippen LogP contribution >= 0.6 is 0 Å². The van der Waals surface area contributed by atoms with Crippen LogP contribution in [0.2, 0.25) is 0 Å². The van der Waals surface area contributed by atoms with Crippen LogP contribution in [0.25, 0.3) is 0 Å². The van der Waals surface area contributed by atoms with E-state index in [1.165, 1.54) is 6.07 Å². The second-order valence-corrected chi connectivity index (χ2v) is 3.60. The van der Waals surface area contributed by atoms with Gasteiger partial charge in [-0.2, -0.15) is 0 Å². The summed E-state index contributed by atoms with van der Waals surface area (Å²) in [6, 6.07) is 4.89. The van der Waals surface area contributed by atoms with E-state index >= 15 is 0 Å². The summed E-state index contributed by atoms with van der Waals surface area (Å²) in [5.41, 5.74) is 6.68. The van der Waals surface area contributed by atoms with Crippen LogP contribution in [-0.2, 0) is 0 Å². The van der Waals surface area contributed by atoms with E-state index in [4.69, 9.17) is 5.73 Å². The van der Waals surface area contributed by atoms with E-state index in [2.05, 4.69) is 0 Å². The van der Waals surface area contributed by atoms with Gasteiger partial charge < -0.3 is 10.8 Å². The van der Waals surface area contributed by atoms with Crippen molar-refractivity contribution in [3.8, 4) is 5.75 Å². The number of carbonyl (C=O) groups excluding carboxylic acids is 1. The Morgan fingerprint density at radius 1 is 1.43 bits per heavy atom. The van der Waals surface area contributed by atoms with E-state index in [9.17, 15) is 9.90 Å². The zero-order valence-corrected chi connectivity index (χ0v) is 8.45. The predicted octanol–water partition coefficient (Wildman–Crippen LogP) is 1.66. The summed E-state index contributed by atoms with van der Waals surface area (Å²) in [4.78, 5) is 11.3. The smallest absolute Gasteiger partial charge is 0.176 e. The molecule has 0 saturated carbocycles. The van der Waals surface area contributed by atoms with Crippen molar-refractivity contribution in [2.24, 2.45) is 5.73 Å². The number of aromatic hydroxyl groups is 1. The number of carbonyl (C=O) groups is 1. The molecular formula is C11H15NO2. The minimum absolute atomic E-state index is 0.0268. The van der Waals surface area contributed by atoms with Gasteiger partial charge in [-0.3, -0.25) is 4.79 Å². The molecule has 3 nitrogen and oxygen atoms in total. The number of hydrogen-bond acceptors (Lipinski definition) is 3. The molecule has 1 aromatic carbocycles. The topological polar surface area (TPSA) is 63.3 Å². The summed E-state index contributed by atoms with van der Waals surface area (Å²) in [5.74, 6) is 0.252. The normalized spacial score (nSPS) is 10.6. The van der Waals surface area contributed by atoms with Gasteiger partial charge in [0, 0.05) is 5.56 Å². The van der Waals surface area contributed by atoms with E-state index in [1.807, 2.05) is 13.8 Å². The summed E-state index contributed by atoms with van der Waals surface area (Å²) in [6.07, 6.45) is 0. The van der Waals surface area contributed by atoms with Crippen LogP contribution < -0.4 is 5.73 Å². The zero-order valence-electron chi connectivity index (χ0n) is 8.45. The Labute approximate surface area is 83.6 Å². The summed E-state index contributed by atoms with van der Waals surface area (Å²) < 4.78 is 0. The second kappa shape index (κ2) is 4.24. The van der Waals surface area contributed by atoms with Gasteiger partial charge in [0.1, 0.15) is 5.75 Å². The SMILES string of the molecule is CC(C)c1cc(O)cc(C(=O)CN)c1. The van der Waals surface area contributed by atoms with Crippen molar-refractivity contribution in [2.75, 3.05) is 6.54 Å². The highest BCUT2D eigenvalue weighted by Crippen LogP contribution is 2.22. The van der Waals surface area contributed by atoms with Gasteiger partial charge in [-0.25, -0.2) is 0 Å². The molecule has 0 unspecified atom stereocenters. The molecule has 0 saturated heterocycles. The number of Topliss-reactive ketones (excluding diaryl/α,β-unsaturated/α-hetero) is 1. The van der Waals surface area contributed by atoms with Gasteiger partial charge in [0.05, 0.1) is 6.54 Å². The molecular weight excluding hydrogens is 178 g/mol. The number of hydrogen-bond donors (Lipinski definition) is 2. The monoisotopic (exact) mass is 193 g/mol. The molecule has 1 rings (SSSR count). The number of phenolic OH excluding ortho intramolecular Hbond substituents is 1. The average Bonchev–Trinajstić information content (AvgIpc) is 2.15. The Morgan fingerprint density at radius 2 is 2.07 bits per heavy atom. The maximum Gasteiger partial charge on any atom is 0.176 e. The lowest BCUT2D eigenvalue weighted by molar-refractivity contribution is 0.100. The quantitative estimate of drug-likeness (QED) is 0.717. The summed E-state index contributed by atoms with van der Waals surface area (Å²) in [7, 11) is 0. The van der Waals surface area contributed by atoms with Gasteiger partial charge in [-0.1, -0.05) is 13.8 Å². The molecule has 1 aromatic rings. The average molecular weight is 193 g/mol. The molecule has 0 atom stereocenters. The molecule has 3 heteroatoms. The number of benzene rings is 1. The Balaban J connectivity index is 3.13. The van der Waals surface area contributed by atoms with Crippen LogP contribution in [0.15, 0.2) is 18.2 Å². The predicted molar refractivity (Wildman–Crippen MR) is 55.6 cm³/mol. The molecule has 0 spiro atoms. The highest BCUT2D eigenvalue weighted by Gasteiger charge is 2.08. The van der Waals surface area contributed by atoms with Gasteiger partial charge in [-0.15, -0.1) is 0 Å². The van der Waals surface area contributed by atoms with Gasteiger partial charge in [0.2, 0.25) is 0 Å². The Bertz CT molecular complexity index is 345. The van der Waals surface area contributed by atoms with Crippen molar-refractivity contribution in [2.45, 2.75) is 19.8 Å². The van der Waals surface area contributed by atoms with Crippen LogP contribution in [0.1, 0.15) is 35.7 Å². The third kappa shape index (κ3) is 2.33. The fourth-order valence-corrected chi connectivity index (χ4v) is 1.25. The first-order valence-electron chi connectivity index (χ1n) is 4.61. The van der Waals surface area contributed by atoms with Crippen molar-refractivity contribution < 1.29 is 9.90 Å². The van der Waals surface area contributed by atoms with Crippen LogP contribution in [0, 0.1) is 0 Å². The molecule has 0 heterocycles. The van der Waals surface area contributed by atoms with E-state index in [1.54, 1.807) is 12.1 Å². The maximum atomic E-state index is 11.3. The third-order valence-corrected chi connectivity index (χ3v) is 2.11. The number of ketones is 1. The van der Waals surface area contributed by atoms with Crippen LogP contribution in [0.3, 0.4) is 0 Å². The lowest BCUT2D eigenvalue weighted by Crippen LogP contribution is -2.13.